The summed E-state index contributed by atoms with van der Waals surface area (Å²) in [4.78, 5) is 7.35. The molecule has 1 heterocycles. The zero-order valence-corrected chi connectivity index (χ0v) is 10.9. The Morgan fingerprint density at radius 2 is 2.19 bits per heavy atom. The predicted molar refractivity (Wildman–Crippen MR) is 69.5 cm³/mol. The molecule has 2 rings (SSSR count). The first-order chi connectivity index (χ1) is 7.65. The van der Waals surface area contributed by atoms with Gasteiger partial charge < -0.3 is 10.3 Å². The molecular weight excluding hydrogens is 266 g/mol. The van der Waals surface area contributed by atoms with Crippen LogP contribution in [-0.4, -0.2) is 9.97 Å². The summed E-state index contributed by atoms with van der Waals surface area (Å²) in [5.41, 5.74) is 3.44. The lowest BCUT2D eigenvalue weighted by Gasteiger charge is -2.06. The monoisotopic (exact) mass is 279 g/mol. The Labute approximate surface area is 103 Å². The molecule has 0 fully saturated rings. The van der Waals surface area contributed by atoms with Gasteiger partial charge in [0, 0.05) is 10.2 Å². The fourth-order valence-electron chi connectivity index (χ4n) is 1.51. The van der Waals surface area contributed by atoms with Gasteiger partial charge in [0.05, 0.1) is 18.4 Å². The van der Waals surface area contributed by atoms with E-state index >= 15 is 0 Å². The molecule has 0 bridgehead atoms. The van der Waals surface area contributed by atoms with Crippen molar-refractivity contribution >= 4 is 21.6 Å². The molecule has 0 unspecified atom stereocenters. The summed E-state index contributed by atoms with van der Waals surface area (Å²) in [6.07, 6.45) is 1.86. The number of halogens is 1. The van der Waals surface area contributed by atoms with Crippen molar-refractivity contribution in [2.45, 2.75) is 20.4 Å². The van der Waals surface area contributed by atoms with E-state index in [0.29, 0.717) is 0 Å². The predicted octanol–water partition coefficient (Wildman–Crippen LogP) is 3.40. The summed E-state index contributed by atoms with van der Waals surface area (Å²) >= 11 is 3.48. The first kappa shape index (κ1) is 11.2. The van der Waals surface area contributed by atoms with Crippen LogP contribution in [0.25, 0.3) is 0 Å². The highest BCUT2D eigenvalue weighted by Crippen LogP contribution is 2.20. The zero-order valence-electron chi connectivity index (χ0n) is 9.34. The van der Waals surface area contributed by atoms with Crippen molar-refractivity contribution in [1.82, 2.24) is 9.97 Å². The van der Waals surface area contributed by atoms with Crippen molar-refractivity contribution in [2.24, 2.45) is 0 Å². The number of nitrogens with one attached hydrogen (secondary N) is 2. The van der Waals surface area contributed by atoms with E-state index in [1.165, 1.54) is 5.56 Å². The van der Waals surface area contributed by atoms with Gasteiger partial charge in [-0.15, -0.1) is 0 Å². The molecule has 2 aromatic rings. The fourth-order valence-corrected chi connectivity index (χ4v) is 1.76. The number of aryl methyl sites for hydroxylation is 2. The van der Waals surface area contributed by atoms with Gasteiger partial charge in [-0.3, -0.25) is 0 Å². The van der Waals surface area contributed by atoms with Crippen LogP contribution in [0.2, 0.25) is 0 Å². The molecule has 0 aliphatic rings. The molecule has 16 heavy (non-hydrogen) atoms. The highest BCUT2D eigenvalue weighted by atomic mass is 79.9. The second-order valence-corrected chi connectivity index (χ2v) is 4.67. The lowest BCUT2D eigenvalue weighted by molar-refractivity contribution is 1.05. The van der Waals surface area contributed by atoms with Gasteiger partial charge in [-0.2, -0.15) is 0 Å². The van der Waals surface area contributed by atoms with E-state index in [1.807, 2.05) is 13.1 Å². The largest absolute Gasteiger partial charge is 0.379 e. The number of nitrogens with zero attached hydrogens (tertiary/aromatic N) is 1. The van der Waals surface area contributed by atoms with Gasteiger partial charge in [0.1, 0.15) is 5.82 Å². The minimum atomic E-state index is 0.766. The van der Waals surface area contributed by atoms with E-state index in [9.17, 15) is 0 Å². The van der Waals surface area contributed by atoms with Crippen LogP contribution in [0.5, 0.6) is 0 Å². The average molecular weight is 280 g/mol. The summed E-state index contributed by atoms with van der Waals surface area (Å²) in [5, 5.41) is 3.35. The van der Waals surface area contributed by atoms with Crippen LogP contribution < -0.4 is 5.32 Å². The zero-order chi connectivity index (χ0) is 11.5. The van der Waals surface area contributed by atoms with Gasteiger partial charge >= 0.3 is 0 Å². The summed E-state index contributed by atoms with van der Waals surface area (Å²) in [5.74, 6) is 0.948. The molecule has 2 N–H and O–H groups in total. The van der Waals surface area contributed by atoms with Crippen molar-refractivity contribution < 1.29 is 0 Å². The molecule has 0 aliphatic carbocycles. The molecule has 0 amide bonds. The number of hydrogen-bond acceptors (Lipinski definition) is 2. The van der Waals surface area contributed by atoms with Gasteiger partial charge in [-0.1, -0.05) is 15.9 Å². The molecular formula is C12H14BrN3. The van der Waals surface area contributed by atoms with Crippen molar-refractivity contribution in [3.63, 3.8) is 0 Å². The van der Waals surface area contributed by atoms with Gasteiger partial charge in [0.15, 0.2) is 0 Å². The molecule has 84 valence electrons. The fraction of sp³-hybridized carbons (Fsp3) is 0.250. The number of aromatic nitrogens is 2. The van der Waals surface area contributed by atoms with E-state index < -0.39 is 0 Å². The minimum absolute atomic E-state index is 0.766. The van der Waals surface area contributed by atoms with E-state index in [4.69, 9.17) is 0 Å². The standard InChI is InChI=1S/C12H14BrN3/c1-8-5-10(3-4-12(8)13)15-7-11-6-14-9(2)16-11/h3-6,15H,7H2,1-2H3,(H,14,16). The molecule has 4 heteroatoms. The first-order valence-electron chi connectivity index (χ1n) is 5.15. The third kappa shape index (κ3) is 2.64. The number of H-pyrrole nitrogens is 1. The topological polar surface area (TPSA) is 40.7 Å². The van der Waals surface area contributed by atoms with Gasteiger partial charge in [-0.05, 0) is 37.6 Å². The second-order valence-electron chi connectivity index (χ2n) is 3.81. The maximum Gasteiger partial charge on any atom is 0.103 e. The Morgan fingerprint density at radius 3 is 2.81 bits per heavy atom. The Kier molecular flexibility index (Phi) is 3.29. The third-order valence-electron chi connectivity index (χ3n) is 2.40. The van der Waals surface area contributed by atoms with Crippen LogP contribution in [0.1, 0.15) is 17.1 Å². The summed E-state index contributed by atoms with van der Waals surface area (Å²) in [6, 6.07) is 6.23. The van der Waals surface area contributed by atoms with E-state index in [0.717, 1.165) is 28.2 Å². The molecule has 1 aromatic carbocycles. The van der Waals surface area contributed by atoms with Crippen LogP contribution in [-0.2, 0) is 6.54 Å². The second kappa shape index (κ2) is 4.70. The Morgan fingerprint density at radius 1 is 1.38 bits per heavy atom. The van der Waals surface area contributed by atoms with Gasteiger partial charge in [0.25, 0.3) is 0 Å². The lowest BCUT2D eigenvalue weighted by atomic mass is 10.2. The van der Waals surface area contributed by atoms with Crippen LogP contribution in [0.15, 0.2) is 28.9 Å². The summed E-state index contributed by atoms with van der Waals surface area (Å²) in [6.45, 7) is 4.80. The van der Waals surface area contributed by atoms with E-state index in [1.54, 1.807) is 0 Å². The summed E-state index contributed by atoms with van der Waals surface area (Å²) in [7, 11) is 0. The quantitative estimate of drug-likeness (QED) is 0.904. The molecule has 1 aromatic heterocycles. The number of benzene rings is 1. The maximum atomic E-state index is 4.16. The van der Waals surface area contributed by atoms with Crippen LogP contribution >= 0.6 is 15.9 Å². The van der Waals surface area contributed by atoms with Crippen molar-refractivity contribution in [2.75, 3.05) is 5.32 Å². The highest BCUT2D eigenvalue weighted by molar-refractivity contribution is 9.10. The number of anilines is 1. The molecule has 0 saturated heterocycles. The lowest BCUT2D eigenvalue weighted by Crippen LogP contribution is -1.99. The number of rotatable bonds is 3. The van der Waals surface area contributed by atoms with Crippen LogP contribution in [0, 0.1) is 13.8 Å². The molecule has 3 nitrogen and oxygen atoms in total. The molecule has 0 atom stereocenters. The number of aromatic amines is 1. The van der Waals surface area contributed by atoms with E-state index in [-0.39, 0.29) is 0 Å². The van der Waals surface area contributed by atoms with Crippen LogP contribution in [0.4, 0.5) is 5.69 Å². The Balaban J connectivity index is 2.02. The maximum absolute atomic E-state index is 4.16. The van der Waals surface area contributed by atoms with Crippen LogP contribution in [0.3, 0.4) is 0 Å². The van der Waals surface area contributed by atoms with Gasteiger partial charge in [0.2, 0.25) is 0 Å². The highest BCUT2D eigenvalue weighted by Gasteiger charge is 1.99. The van der Waals surface area contributed by atoms with Crippen molar-refractivity contribution in [3.05, 3.63) is 46.0 Å². The Hall–Kier alpha value is -1.29. The van der Waals surface area contributed by atoms with Crippen molar-refractivity contribution in [1.29, 1.82) is 0 Å². The molecule has 0 radical (unpaired) electrons. The molecule has 0 spiro atoms. The third-order valence-corrected chi connectivity index (χ3v) is 3.29. The van der Waals surface area contributed by atoms with Crippen molar-refractivity contribution in [3.8, 4) is 0 Å². The summed E-state index contributed by atoms with van der Waals surface area (Å²) < 4.78 is 1.13. The van der Waals surface area contributed by atoms with E-state index in [2.05, 4.69) is 56.3 Å². The number of imidazole rings is 1. The average Bonchev–Trinajstić information content (AvgIpc) is 2.66. The number of hydrogen-bond donors (Lipinski definition) is 2. The minimum Gasteiger partial charge on any atom is -0.379 e. The Bertz CT molecular complexity index is 491. The molecule has 0 aliphatic heterocycles. The molecule has 0 saturated carbocycles. The smallest absolute Gasteiger partial charge is 0.103 e. The SMILES string of the molecule is Cc1ncc(CNc2ccc(Br)c(C)c2)[nH]1. The van der Waals surface area contributed by atoms with Gasteiger partial charge in [-0.25, -0.2) is 4.98 Å². The first-order valence-corrected chi connectivity index (χ1v) is 5.95. The normalized spacial score (nSPS) is 10.4.